The van der Waals surface area contributed by atoms with Crippen molar-refractivity contribution < 1.29 is 0 Å². The van der Waals surface area contributed by atoms with Crippen molar-refractivity contribution in [2.24, 2.45) is 0 Å². The fourth-order valence-corrected chi connectivity index (χ4v) is 3.21. The van der Waals surface area contributed by atoms with Gasteiger partial charge in [-0.2, -0.15) is 0 Å². The van der Waals surface area contributed by atoms with Crippen LogP contribution in [0.15, 0.2) is 104 Å². The Morgan fingerprint density at radius 1 is 0.708 bits per heavy atom. The molecule has 24 heavy (non-hydrogen) atoms. The van der Waals surface area contributed by atoms with E-state index < -0.39 is 5.54 Å². The van der Waals surface area contributed by atoms with Crippen molar-refractivity contribution in [2.45, 2.75) is 18.5 Å². The van der Waals surface area contributed by atoms with Gasteiger partial charge in [-0.3, -0.25) is 5.32 Å². The van der Waals surface area contributed by atoms with E-state index in [9.17, 15) is 0 Å². The van der Waals surface area contributed by atoms with Crippen molar-refractivity contribution in [1.82, 2.24) is 5.32 Å². The topological polar surface area (TPSA) is 12.0 Å². The van der Waals surface area contributed by atoms with E-state index in [0.29, 0.717) is 0 Å². The molecule has 3 aromatic carbocycles. The first-order valence-corrected chi connectivity index (χ1v) is 8.34. The SMILES string of the molecule is C=CC(C)NC(c1ccccc1)(c1ccccc1)c1ccccc1. The summed E-state index contributed by atoms with van der Waals surface area (Å²) in [6.45, 7) is 6.10. The molecule has 3 aromatic rings. The lowest BCUT2D eigenvalue weighted by Gasteiger charge is -2.39. The molecule has 1 N–H and O–H groups in total. The molecule has 0 aliphatic carbocycles. The maximum atomic E-state index is 3.96. The Hall–Kier alpha value is -2.64. The van der Waals surface area contributed by atoms with E-state index in [1.54, 1.807) is 0 Å². The van der Waals surface area contributed by atoms with E-state index >= 15 is 0 Å². The Morgan fingerprint density at radius 3 is 1.33 bits per heavy atom. The first kappa shape index (κ1) is 16.2. The van der Waals surface area contributed by atoms with E-state index in [4.69, 9.17) is 0 Å². The molecule has 0 spiro atoms. The smallest absolute Gasteiger partial charge is 0.0952 e. The molecular weight excluding hydrogens is 290 g/mol. The van der Waals surface area contributed by atoms with Crippen LogP contribution >= 0.6 is 0 Å². The molecule has 0 aliphatic rings. The molecule has 120 valence electrons. The van der Waals surface area contributed by atoms with Crippen LogP contribution in [0.2, 0.25) is 0 Å². The van der Waals surface area contributed by atoms with E-state index in [1.807, 2.05) is 6.08 Å². The van der Waals surface area contributed by atoms with E-state index in [1.165, 1.54) is 16.7 Å². The average molecular weight is 313 g/mol. The zero-order valence-corrected chi connectivity index (χ0v) is 14.0. The zero-order valence-electron chi connectivity index (χ0n) is 14.0. The molecule has 0 aliphatic heterocycles. The molecule has 0 saturated heterocycles. The number of hydrogen-bond donors (Lipinski definition) is 1. The van der Waals surface area contributed by atoms with Crippen molar-refractivity contribution >= 4 is 0 Å². The monoisotopic (exact) mass is 313 g/mol. The molecule has 0 aromatic heterocycles. The normalized spacial score (nSPS) is 12.5. The van der Waals surface area contributed by atoms with Crippen LogP contribution in [-0.2, 0) is 5.54 Å². The summed E-state index contributed by atoms with van der Waals surface area (Å²) in [6.07, 6.45) is 1.95. The summed E-state index contributed by atoms with van der Waals surface area (Å²) in [6, 6.07) is 32.0. The van der Waals surface area contributed by atoms with Crippen molar-refractivity contribution in [2.75, 3.05) is 0 Å². The lowest BCUT2D eigenvalue weighted by atomic mass is 9.76. The third-order valence-electron chi connectivity index (χ3n) is 4.42. The Bertz CT molecular complexity index is 666. The predicted molar refractivity (Wildman–Crippen MR) is 102 cm³/mol. The van der Waals surface area contributed by atoms with Crippen molar-refractivity contribution in [1.29, 1.82) is 0 Å². The molecular formula is C23H23N. The molecule has 0 bridgehead atoms. The molecule has 0 radical (unpaired) electrons. The predicted octanol–water partition coefficient (Wildman–Crippen LogP) is 5.14. The maximum Gasteiger partial charge on any atom is 0.0952 e. The van der Waals surface area contributed by atoms with Crippen LogP contribution < -0.4 is 5.32 Å². The first-order chi connectivity index (χ1) is 11.8. The highest BCUT2D eigenvalue weighted by Gasteiger charge is 2.36. The van der Waals surface area contributed by atoms with E-state index in [-0.39, 0.29) is 6.04 Å². The minimum atomic E-state index is -0.419. The molecule has 1 unspecified atom stereocenters. The van der Waals surface area contributed by atoms with Crippen LogP contribution in [0.25, 0.3) is 0 Å². The van der Waals surface area contributed by atoms with Gasteiger partial charge in [0.15, 0.2) is 0 Å². The maximum absolute atomic E-state index is 3.96. The molecule has 1 atom stereocenters. The summed E-state index contributed by atoms with van der Waals surface area (Å²) in [7, 11) is 0. The Labute approximate surface area is 144 Å². The summed E-state index contributed by atoms with van der Waals surface area (Å²) in [5.74, 6) is 0. The van der Waals surface area contributed by atoms with Gasteiger partial charge in [0.2, 0.25) is 0 Å². The second-order valence-corrected chi connectivity index (χ2v) is 6.02. The van der Waals surface area contributed by atoms with Crippen LogP contribution in [0.4, 0.5) is 0 Å². The Morgan fingerprint density at radius 2 is 1.04 bits per heavy atom. The van der Waals surface area contributed by atoms with E-state index in [0.717, 1.165) is 0 Å². The van der Waals surface area contributed by atoms with Gasteiger partial charge < -0.3 is 0 Å². The van der Waals surface area contributed by atoms with Gasteiger partial charge >= 0.3 is 0 Å². The van der Waals surface area contributed by atoms with Gasteiger partial charge in [0.25, 0.3) is 0 Å². The summed E-state index contributed by atoms with van der Waals surface area (Å²) in [5, 5.41) is 3.81. The van der Waals surface area contributed by atoms with Gasteiger partial charge in [-0.15, -0.1) is 6.58 Å². The minimum absolute atomic E-state index is 0.158. The quantitative estimate of drug-likeness (QED) is 0.490. The minimum Gasteiger partial charge on any atom is -0.294 e. The third kappa shape index (κ3) is 3.04. The molecule has 0 fully saturated rings. The summed E-state index contributed by atoms with van der Waals surface area (Å²) >= 11 is 0. The molecule has 1 heteroatoms. The van der Waals surface area contributed by atoms with Crippen molar-refractivity contribution in [3.8, 4) is 0 Å². The number of hydrogen-bond acceptors (Lipinski definition) is 1. The molecule has 0 saturated carbocycles. The largest absolute Gasteiger partial charge is 0.294 e. The lowest BCUT2D eigenvalue weighted by molar-refractivity contribution is 0.445. The van der Waals surface area contributed by atoms with Crippen LogP contribution in [0, 0.1) is 0 Å². The zero-order chi connectivity index (χ0) is 16.8. The average Bonchev–Trinajstić information content (AvgIpc) is 2.68. The second kappa shape index (κ2) is 7.29. The standard InChI is InChI=1S/C23H23N/c1-3-19(2)24-23(20-13-7-4-8-14-20,21-15-9-5-10-16-21)22-17-11-6-12-18-22/h3-19,24H,1H2,2H3. The lowest BCUT2D eigenvalue weighted by Crippen LogP contribution is -2.48. The van der Waals surface area contributed by atoms with Crippen molar-refractivity contribution in [3.05, 3.63) is 120 Å². The Kier molecular flexibility index (Phi) is 4.93. The summed E-state index contributed by atoms with van der Waals surface area (Å²) in [5.41, 5.74) is 3.24. The highest BCUT2D eigenvalue weighted by Crippen LogP contribution is 2.37. The number of rotatable bonds is 6. The van der Waals surface area contributed by atoms with Gasteiger partial charge in [-0.05, 0) is 23.6 Å². The highest BCUT2D eigenvalue weighted by atomic mass is 15.0. The van der Waals surface area contributed by atoms with Crippen LogP contribution in [0.3, 0.4) is 0 Å². The molecule has 1 nitrogen and oxygen atoms in total. The van der Waals surface area contributed by atoms with Crippen LogP contribution in [0.5, 0.6) is 0 Å². The summed E-state index contributed by atoms with van der Waals surface area (Å²) < 4.78 is 0. The fraction of sp³-hybridized carbons (Fsp3) is 0.130. The Balaban J connectivity index is 2.30. The van der Waals surface area contributed by atoms with Crippen molar-refractivity contribution in [3.63, 3.8) is 0 Å². The van der Waals surface area contributed by atoms with Crippen LogP contribution in [-0.4, -0.2) is 6.04 Å². The van der Waals surface area contributed by atoms with Gasteiger partial charge in [-0.1, -0.05) is 97.1 Å². The number of nitrogens with one attached hydrogen (secondary N) is 1. The highest BCUT2D eigenvalue weighted by molar-refractivity contribution is 5.49. The van der Waals surface area contributed by atoms with Crippen LogP contribution in [0.1, 0.15) is 23.6 Å². The second-order valence-electron chi connectivity index (χ2n) is 6.02. The molecule has 0 heterocycles. The third-order valence-corrected chi connectivity index (χ3v) is 4.42. The fourth-order valence-electron chi connectivity index (χ4n) is 3.21. The van der Waals surface area contributed by atoms with E-state index in [2.05, 4.69) is 110 Å². The van der Waals surface area contributed by atoms with Gasteiger partial charge in [0, 0.05) is 6.04 Å². The van der Waals surface area contributed by atoms with Gasteiger partial charge in [-0.25, -0.2) is 0 Å². The number of benzene rings is 3. The molecule has 0 amide bonds. The summed E-state index contributed by atoms with van der Waals surface area (Å²) in [4.78, 5) is 0. The van der Waals surface area contributed by atoms with Gasteiger partial charge in [0.05, 0.1) is 5.54 Å². The first-order valence-electron chi connectivity index (χ1n) is 8.34. The molecule has 3 rings (SSSR count). The van der Waals surface area contributed by atoms with Gasteiger partial charge in [0.1, 0.15) is 0 Å².